The number of carbonyl (C=O) groups excluding carboxylic acids is 1. The SMILES string of the molecule is CC(C)(C)OC(=O)N[C@]12C[C@H]1CCN(c1cc(-c3ccc(S(C)(=O)=O)cc3)n3ncnc(N)c13)C2. The van der Waals surface area contributed by atoms with E-state index in [1.54, 1.807) is 28.8 Å². The summed E-state index contributed by atoms with van der Waals surface area (Å²) in [6.07, 6.45) is 4.01. The highest BCUT2D eigenvalue weighted by molar-refractivity contribution is 7.90. The van der Waals surface area contributed by atoms with Gasteiger partial charge in [0.1, 0.15) is 17.4 Å². The van der Waals surface area contributed by atoms with E-state index >= 15 is 0 Å². The van der Waals surface area contributed by atoms with Crippen molar-refractivity contribution in [1.29, 1.82) is 0 Å². The van der Waals surface area contributed by atoms with Gasteiger partial charge in [-0.1, -0.05) is 12.1 Å². The first-order valence-corrected chi connectivity index (χ1v) is 13.4. The van der Waals surface area contributed by atoms with Gasteiger partial charge in [-0.3, -0.25) is 0 Å². The van der Waals surface area contributed by atoms with Gasteiger partial charge in [-0.05, 0) is 57.7 Å². The number of nitrogens with one attached hydrogen (secondary N) is 1. The number of piperidine rings is 1. The lowest BCUT2D eigenvalue weighted by Gasteiger charge is -2.35. The lowest BCUT2D eigenvalue weighted by Crippen LogP contribution is -2.51. The first kappa shape index (κ1) is 23.4. The second kappa shape index (κ2) is 7.84. The van der Waals surface area contributed by atoms with Crippen molar-refractivity contribution in [2.75, 3.05) is 30.0 Å². The Balaban J connectivity index is 1.49. The molecule has 3 aromatic rings. The number of ether oxygens (including phenoxy) is 1. The number of nitrogens with two attached hydrogens (primary N) is 1. The molecule has 10 nitrogen and oxygen atoms in total. The molecule has 3 N–H and O–H groups in total. The van der Waals surface area contributed by atoms with E-state index in [1.807, 2.05) is 26.8 Å². The molecule has 0 radical (unpaired) electrons. The van der Waals surface area contributed by atoms with Gasteiger partial charge in [0, 0.05) is 24.9 Å². The van der Waals surface area contributed by atoms with Crippen LogP contribution in [-0.2, 0) is 14.6 Å². The Bertz CT molecular complexity index is 1410. The Kier molecular flexibility index (Phi) is 5.24. The van der Waals surface area contributed by atoms with Crippen LogP contribution >= 0.6 is 0 Å². The van der Waals surface area contributed by atoms with E-state index in [4.69, 9.17) is 10.5 Å². The summed E-state index contributed by atoms with van der Waals surface area (Å²) >= 11 is 0. The van der Waals surface area contributed by atoms with E-state index in [-0.39, 0.29) is 10.4 Å². The average Bonchev–Trinajstić information content (AvgIpc) is 3.31. The summed E-state index contributed by atoms with van der Waals surface area (Å²) in [6, 6.07) is 8.70. The van der Waals surface area contributed by atoms with Gasteiger partial charge in [-0.15, -0.1) is 0 Å². The maximum Gasteiger partial charge on any atom is 0.408 e. The third kappa shape index (κ3) is 4.40. The van der Waals surface area contributed by atoms with Crippen molar-refractivity contribution < 1.29 is 17.9 Å². The molecule has 5 rings (SSSR count). The van der Waals surface area contributed by atoms with Gasteiger partial charge in [0.15, 0.2) is 15.7 Å². The van der Waals surface area contributed by atoms with Crippen LogP contribution in [0.3, 0.4) is 0 Å². The summed E-state index contributed by atoms with van der Waals surface area (Å²) < 4.78 is 31.0. The topological polar surface area (TPSA) is 132 Å². The summed E-state index contributed by atoms with van der Waals surface area (Å²) in [4.78, 5) is 19.2. The maximum atomic E-state index is 12.5. The number of nitrogens with zero attached hydrogens (tertiary/aromatic N) is 4. The molecule has 3 heterocycles. The fraction of sp³-hybridized carbons (Fsp3) is 0.458. The minimum Gasteiger partial charge on any atom is -0.444 e. The van der Waals surface area contributed by atoms with Crippen molar-refractivity contribution >= 4 is 33.0 Å². The van der Waals surface area contributed by atoms with Crippen molar-refractivity contribution in [3.8, 4) is 11.3 Å². The number of alkyl carbamates (subject to hydrolysis) is 1. The minimum atomic E-state index is -3.30. The smallest absolute Gasteiger partial charge is 0.408 e. The molecule has 2 aromatic heterocycles. The van der Waals surface area contributed by atoms with E-state index in [0.717, 1.165) is 36.3 Å². The van der Waals surface area contributed by atoms with Gasteiger partial charge in [0.2, 0.25) is 0 Å². The molecular weight excluding hydrogens is 468 g/mol. The number of nitrogen functional groups attached to an aromatic ring is 1. The molecule has 11 heteroatoms. The molecule has 1 amide bonds. The zero-order valence-electron chi connectivity index (χ0n) is 20.3. The predicted molar refractivity (Wildman–Crippen MR) is 133 cm³/mol. The highest BCUT2D eigenvalue weighted by Gasteiger charge is 2.58. The monoisotopic (exact) mass is 498 g/mol. The first-order chi connectivity index (χ1) is 16.4. The fourth-order valence-electron chi connectivity index (χ4n) is 4.96. The molecule has 1 saturated heterocycles. The molecule has 35 heavy (non-hydrogen) atoms. The van der Waals surface area contributed by atoms with Crippen molar-refractivity contribution in [3.63, 3.8) is 0 Å². The Morgan fingerprint density at radius 1 is 1.26 bits per heavy atom. The number of benzene rings is 1. The summed E-state index contributed by atoms with van der Waals surface area (Å²) in [7, 11) is -3.30. The summed E-state index contributed by atoms with van der Waals surface area (Å²) in [5.41, 5.74) is 8.53. The van der Waals surface area contributed by atoms with Gasteiger partial charge < -0.3 is 20.7 Å². The second-order valence-electron chi connectivity index (χ2n) is 10.5. The number of anilines is 2. The number of hydrogen-bond donors (Lipinski definition) is 2. The van der Waals surface area contributed by atoms with E-state index < -0.39 is 21.5 Å². The molecule has 186 valence electrons. The van der Waals surface area contributed by atoms with Crippen LogP contribution in [0.25, 0.3) is 16.8 Å². The molecule has 2 atom stereocenters. The number of sulfone groups is 1. The Morgan fingerprint density at radius 2 is 1.97 bits per heavy atom. The molecule has 2 fully saturated rings. The Morgan fingerprint density at radius 3 is 2.63 bits per heavy atom. The summed E-state index contributed by atoms with van der Waals surface area (Å²) in [5, 5.41) is 7.55. The van der Waals surface area contributed by atoms with Gasteiger partial charge in [0.25, 0.3) is 0 Å². The highest BCUT2D eigenvalue weighted by Crippen LogP contribution is 2.51. The quantitative estimate of drug-likeness (QED) is 0.561. The van der Waals surface area contributed by atoms with Crippen LogP contribution in [0, 0.1) is 5.92 Å². The lowest BCUT2D eigenvalue weighted by atomic mass is 10.0. The van der Waals surface area contributed by atoms with Crippen molar-refractivity contribution in [3.05, 3.63) is 36.7 Å². The van der Waals surface area contributed by atoms with Gasteiger partial charge in [0.05, 0.1) is 21.8 Å². The zero-order chi connectivity index (χ0) is 25.2. The predicted octanol–water partition coefficient (Wildman–Crippen LogP) is 2.88. The van der Waals surface area contributed by atoms with Crippen LogP contribution in [0.5, 0.6) is 0 Å². The van der Waals surface area contributed by atoms with Crippen molar-refractivity contribution in [1.82, 2.24) is 19.9 Å². The number of fused-ring (bicyclic) bond motifs is 2. The van der Waals surface area contributed by atoms with Crippen LogP contribution in [0.15, 0.2) is 41.6 Å². The van der Waals surface area contributed by atoms with E-state index in [0.29, 0.717) is 23.8 Å². The first-order valence-electron chi connectivity index (χ1n) is 11.6. The van der Waals surface area contributed by atoms with Gasteiger partial charge in [-0.25, -0.2) is 22.7 Å². The largest absolute Gasteiger partial charge is 0.444 e. The number of hydrogen-bond acceptors (Lipinski definition) is 8. The van der Waals surface area contributed by atoms with E-state index in [2.05, 4.69) is 20.3 Å². The third-order valence-electron chi connectivity index (χ3n) is 6.68. The normalized spacial score (nSPS) is 22.1. The molecule has 2 aliphatic rings. The van der Waals surface area contributed by atoms with Crippen molar-refractivity contribution in [2.45, 2.75) is 49.6 Å². The standard InChI is InChI=1S/C24H30N6O4S/c1-23(2,3)34-22(31)28-24-12-16(24)9-10-29(13-24)19-11-18(30-20(19)21(25)26-14-27-30)15-5-7-17(8-6-15)35(4,32)33/h5-8,11,14,16H,9-10,12-13H2,1-4H3,(H,28,31)(H2,25,26,27)/t16-,24+/m1/s1. The molecule has 1 saturated carbocycles. The van der Waals surface area contributed by atoms with E-state index in [1.165, 1.54) is 12.6 Å². The molecule has 1 aromatic carbocycles. The summed E-state index contributed by atoms with van der Waals surface area (Å²) in [6.45, 7) is 6.98. The molecule has 0 bridgehead atoms. The van der Waals surface area contributed by atoms with Crippen LogP contribution in [0.4, 0.5) is 16.3 Å². The molecular formula is C24H30N6O4S. The van der Waals surface area contributed by atoms with Crippen LogP contribution in [0.1, 0.15) is 33.6 Å². The number of aromatic nitrogens is 3. The minimum absolute atomic E-state index is 0.252. The molecule has 1 aliphatic carbocycles. The zero-order valence-corrected chi connectivity index (χ0v) is 21.1. The number of carbonyl (C=O) groups is 1. The second-order valence-corrected chi connectivity index (χ2v) is 12.5. The number of rotatable bonds is 4. The molecule has 0 spiro atoms. The number of amides is 1. The maximum absolute atomic E-state index is 12.5. The fourth-order valence-corrected chi connectivity index (χ4v) is 5.59. The van der Waals surface area contributed by atoms with Crippen LogP contribution in [-0.4, -0.2) is 59.6 Å². The Hall–Kier alpha value is -3.34. The van der Waals surface area contributed by atoms with Crippen LogP contribution in [0.2, 0.25) is 0 Å². The molecule has 0 unspecified atom stereocenters. The average molecular weight is 499 g/mol. The van der Waals surface area contributed by atoms with E-state index in [9.17, 15) is 13.2 Å². The van der Waals surface area contributed by atoms with Crippen LogP contribution < -0.4 is 16.0 Å². The van der Waals surface area contributed by atoms with Gasteiger partial charge in [-0.2, -0.15) is 5.10 Å². The van der Waals surface area contributed by atoms with Crippen molar-refractivity contribution in [2.24, 2.45) is 5.92 Å². The third-order valence-corrected chi connectivity index (χ3v) is 7.81. The molecule has 1 aliphatic heterocycles. The van der Waals surface area contributed by atoms with Gasteiger partial charge >= 0.3 is 6.09 Å². The lowest BCUT2D eigenvalue weighted by molar-refractivity contribution is 0.0489. The Labute approximate surface area is 204 Å². The summed E-state index contributed by atoms with van der Waals surface area (Å²) in [5.74, 6) is 0.762. The highest BCUT2D eigenvalue weighted by atomic mass is 32.2.